The summed E-state index contributed by atoms with van der Waals surface area (Å²) in [5.41, 5.74) is -1.00. The van der Waals surface area contributed by atoms with Crippen LogP contribution in [-0.2, 0) is 38.1 Å². The molecule has 3 aliphatic rings. The molecule has 0 aromatic carbocycles. The van der Waals surface area contributed by atoms with Crippen molar-refractivity contribution < 1.29 is 43.2 Å². The van der Waals surface area contributed by atoms with Gasteiger partial charge in [0, 0.05) is 37.2 Å². The van der Waals surface area contributed by atoms with Crippen molar-refractivity contribution in [2.75, 3.05) is 0 Å². The normalized spacial score (nSPS) is 40.7. The maximum absolute atomic E-state index is 12.7. The van der Waals surface area contributed by atoms with Gasteiger partial charge in [-0.15, -0.1) is 0 Å². The van der Waals surface area contributed by atoms with Gasteiger partial charge in [0.25, 0.3) is 0 Å². The molecule has 1 N–H and O–H groups in total. The van der Waals surface area contributed by atoms with E-state index in [1.165, 1.54) is 13.8 Å². The first-order chi connectivity index (χ1) is 15.3. The van der Waals surface area contributed by atoms with Gasteiger partial charge in [0.1, 0.15) is 24.4 Å². The van der Waals surface area contributed by atoms with E-state index in [0.29, 0.717) is 6.42 Å². The van der Waals surface area contributed by atoms with Gasteiger partial charge in [0.2, 0.25) is 0 Å². The third kappa shape index (κ3) is 4.16. The van der Waals surface area contributed by atoms with Crippen molar-refractivity contribution in [3.63, 3.8) is 0 Å². The predicted octanol–water partition coefficient (Wildman–Crippen LogP) is 1.94. The van der Waals surface area contributed by atoms with Crippen molar-refractivity contribution in [3.8, 4) is 0 Å². The molecule has 1 saturated heterocycles. The second-order valence-corrected chi connectivity index (χ2v) is 9.81. The average Bonchev–Trinajstić information content (AvgIpc) is 3.15. The highest BCUT2D eigenvalue weighted by Crippen LogP contribution is 2.59. The molecular formula is C24H34O9. The Bertz CT molecular complexity index is 851. The number of hydrogen-bond donors (Lipinski definition) is 1. The quantitative estimate of drug-likeness (QED) is 0.367. The molecule has 0 aromatic rings. The molecule has 2 saturated carbocycles. The minimum atomic E-state index is -1.14. The first kappa shape index (κ1) is 25.2. The van der Waals surface area contributed by atoms with E-state index in [2.05, 4.69) is 6.58 Å². The number of hydrogen-bond acceptors (Lipinski definition) is 9. The van der Waals surface area contributed by atoms with E-state index in [0.717, 1.165) is 0 Å². The first-order valence-electron chi connectivity index (χ1n) is 11.5. The zero-order valence-electron chi connectivity index (χ0n) is 20.0. The first-order valence-corrected chi connectivity index (χ1v) is 11.5. The Hall–Kier alpha value is -2.42. The minimum absolute atomic E-state index is 0.0843. The molecule has 10 unspecified atom stereocenters. The predicted molar refractivity (Wildman–Crippen MR) is 114 cm³/mol. The van der Waals surface area contributed by atoms with Crippen LogP contribution in [0.15, 0.2) is 12.2 Å². The monoisotopic (exact) mass is 466 g/mol. The standard InChI is InChI=1S/C24H34O9/c1-8-10(2)22(28)32-15-9-16(30-13(5)25)24(7)18(15)12(4)19(27)20-17(11(3)23(29)33-20)21(24)31-14(6)26/h10,12,15-21,27H,3,8-9H2,1-2,4-7H3. The summed E-state index contributed by atoms with van der Waals surface area (Å²) in [4.78, 5) is 49.3. The molecule has 0 bridgehead atoms. The summed E-state index contributed by atoms with van der Waals surface area (Å²) >= 11 is 0. The zero-order valence-corrected chi connectivity index (χ0v) is 20.0. The number of aliphatic hydroxyl groups excluding tert-OH is 1. The highest BCUT2D eigenvalue weighted by atomic mass is 16.6. The van der Waals surface area contributed by atoms with Crippen LogP contribution in [0.25, 0.3) is 0 Å². The SMILES string of the molecule is C=C1C(=O)OC2C(O)C(C)C3C(OC(=O)C(C)CC)CC(OC(C)=O)C3(C)C(OC(C)=O)C12. The zero-order chi connectivity index (χ0) is 24.8. The van der Waals surface area contributed by atoms with Gasteiger partial charge in [0.15, 0.2) is 0 Å². The average molecular weight is 467 g/mol. The van der Waals surface area contributed by atoms with Gasteiger partial charge in [-0.25, -0.2) is 4.79 Å². The highest BCUT2D eigenvalue weighted by Gasteiger charge is 2.69. The Kier molecular flexibility index (Phi) is 6.94. The Balaban J connectivity index is 2.16. The van der Waals surface area contributed by atoms with Crippen molar-refractivity contribution in [3.05, 3.63) is 12.2 Å². The smallest absolute Gasteiger partial charge is 0.334 e. The second-order valence-electron chi connectivity index (χ2n) is 9.81. The molecule has 0 spiro atoms. The second kappa shape index (κ2) is 9.08. The van der Waals surface area contributed by atoms with E-state index in [4.69, 9.17) is 18.9 Å². The number of fused-ring (bicyclic) bond motifs is 2. The lowest BCUT2D eigenvalue weighted by molar-refractivity contribution is -0.179. The van der Waals surface area contributed by atoms with Crippen LogP contribution in [0, 0.1) is 29.1 Å². The fourth-order valence-corrected chi connectivity index (χ4v) is 5.96. The van der Waals surface area contributed by atoms with Gasteiger partial charge in [-0.2, -0.15) is 0 Å². The highest BCUT2D eigenvalue weighted by molar-refractivity contribution is 5.91. The van der Waals surface area contributed by atoms with Crippen LogP contribution in [0.1, 0.15) is 54.4 Å². The summed E-state index contributed by atoms with van der Waals surface area (Å²) in [5.74, 6) is -4.46. The number of carbonyl (C=O) groups is 4. The lowest BCUT2D eigenvalue weighted by Crippen LogP contribution is -2.52. The van der Waals surface area contributed by atoms with E-state index in [1.54, 1.807) is 20.8 Å². The van der Waals surface area contributed by atoms with Gasteiger partial charge < -0.3 is 24.1 Å². The van der Waals surface area contributed by atoms with Gasteiger partial charge in [0.05, 0.1) is 17.9 Å². The summed E-state index contributed by atoms with van der Waals surface area (Å²) in [5, 5.41) is 11.2. The Morgan fingerprint density at radius 3 is 2.36 bits per heavy atom. The number of esters is 4. The van der Waals surface area contributed by atoms with Crippen LogP contribution in [-0.4, -0.2) is 59.5 Å². The molecular weight excluding hydrogens is 432 g/mol. The number of rotatable bonds is 5. The van der Waals surface area contributed by atoms with Gasteiger partial charge in [-0.05, 0) is 12.3 Å². The lowest BCUT2D eigenvalue weighted by Gasteiger charge is -2.44. The van der Waals surface area contributed by atoms with Crippen molar-refractivity contribution in [1.29, 1.82) is 0 Å². The lowest BCUT2D eigenvalue weighted by atomic mass is 9.66. The van der Waals surface area contributed by atoms with E-state index >= 15 is 0 Å². The number of carbonyl (C=O) groups excluding carboxylic acids is 4. The molecule has 0 radical (unpaired) electrons. The van der Waals surface area contributed by atoms with E-state index in [9.17, 15) is 24.3 Å². The molecule has 3 rings (SSSR count). The molecule has 3 fully saturated rings. The number of aliphatic hydroxyl groups is 1. The maximum Gasteiger partial charge on any atom is 0.334 e. The fraction of sp³-hybridized carbons (Fsp3) is 0.750. The van der Waals surface area contributed by atoms with E-state index in [-0.39, 0.29) is 23.9 Å². The van der Waals surface area contributed by atoms with Crippen LogP contribution in [0.2, 0.25) is 0 Å². The van der Waals surface area contributed by atoms with Crippen molar-refractivity contribution in [1.82, 2.24) is 0 Å². The third-order valence-electron chi connectivity index (χ3n) is 7.78. The van der Waals surface area contributed by atoms with Crippen LogP contribution in [0.5, 0.6) is 0 Å². The number of ether oxygens (including phenoxy) is 4. The summed E-state index contributed by atoms with van der Waals surface area (Å²) in [6.07, 6.45) is -3.85. The molecule has 0 amide bonds. The molecule has 184 valence electrons. The Morgan fingerprint density at radius 1 is 1.21 bits per heavy atom. The molecule has 33 heavy (non-hydrogen) atoms. The maximum atomic E-state index is 12.7. The molecule has 1 heterocycles. The van der Waals surface area contributed by atoms with Gasteiger partial charge in [-0.3, -0.25) is 14.4 Å². The van der Waals surface area contributed by atoms with E-state index < -0.39 is 71.6 Å². The summed E-state index contributed by atoms with van der Waals surface area (Å²) in [7, 11) is 0. The van der Waals surface area contributed by atoms with E-state index in [1.807, 2.05) is 6.92 Å². The molecule has 9 heteroatoms. The molecule has 0 aromatic heterocycles. The Morgan fingerprint density at radius 2 is 1.82 bits per heavy atom. The minimum Gasteiger partial charge on any atom is -0.462 e. The Labute approximate surface area is 193 Å². The molecule has 2 aliphatic carbocycles. The molecule has 9 nitrogen and oxygen atoms in total. The summed E-state index contributed by atoms with van der Waals surface area (Å²) in [6, 6.07) is 0. The van der Waals surface area contributed by atoms with Crippen LogP contribution in [0.4, 0.5) is 0 Å². The van der Waals surface area contributed by atoms with Crippen molar-refractivity contribution in [2.24, 2.45) is 29.1 Å². The van der Waals surface area contributed by atoms with Gasteiger partial charge in [-0.1, -0.05) is 34.3 Å². The topological polar surface area (TPSA) is 125 Å². The molecule has 10 atom stereocenters. The summed E-state index contributed by atoms with van der Waals surface area (Å²) in [6.45, 7) is 13.6. The van der Waals surface area contributed by atoms with Crippen LogP contribution < -0.4 is 0 Å². The largest absolute Gasteiger partial charge is 0.462 e. The summed E-state index contributed by atoms with van der Waals surface area (Å²) < 4.78 is 22.8. The van der Waals surface area contributed by atoms with Crippen molar-refractivity contribution >= 4 is 23.9 Å². The van der Waals surface area contributed by atoms with Crippen LogP contribution in [0.3, 0.4) is 0 Å². The molecule has 1 aliphatic heterocycles. The third-order valence-corrected chi connectivity index (χ3v) is 7.78. The van der Waals surface area contributed by atoms with Crippen LogP contribution >= 0.6 is 0 Å². The van der Waals surface area contributed by atoms with Crippen molar-refractivity contribution in [2.45, 2.75) is 84.9 Å². The fourth-order valence-electron chi connectivity index (χ4n) is 5.96. The van der Waals surface area contributed by atoms with Gasteiger partial charge >= 0.3 is 23.9 Å².